The molecule has 0 aliphatic carbocycles. The Morgan fingerprint density at radius 2 is 1.72 bits per heavy atom. The second-order valence-corrected chi connectivity index (χ2v) is 6.48. The van der Waals surface area contributed by atoms with Crippen LogP contribution in [0.3, 0.4) is 0 Å². The number of rotatable bonds is 1. The summed E-state index contributed by atoms with van der Waals surface area (Å²) in [5.41, 5.74) is 1.00. The van der Waals surface area contributed by atoms with E-state index in [0.29, 0.717) is 16.8 Å². The first-order valence-corrected chi connectivity index (χ1v) is 7.97. The molecular formula is C20H15F3N2. The fourth-order valence-electron chi connectivity index (χ4n) is 3.21. The van der Waals surface area contributed by atoms with Gasteiger partial charge in [0.05, 0.1) is 11.2 Å². The number of hydrogen-bond donors (Lipinski definition) is 0. The zero-order valence-electron chi connectivity index (χ0n) is 13.5. The molecule has 0 saturated heterocycles. The van der Waals surface area contributed by atoms with Crippen LogP contribution >= 0.6 is 0 Å². The van der Waals surface area contributed by atoms with E-state index in [-0.39, 0.29) is 6.42 Å². The van der Waals surface area contributed by atoms with Crippen molar-refractivity contribution in [3.05, 3.63) is 77.5 Å². The van der Waals surface area contributed by atoms with Crippen molar-refractivity contribution >= 4 is 16.6 Å². The lowest BCUT2D eigenvalue weighted by atomic mass is 9.83. The highest BCUT2D eigenvalue weighted by atomic mass is 19.4. The van der Waals surface area contributed by atoms with Gasteiger partial charge in [-0.05, 0) is 24.6 Å². The minimum atomic E-state index is -4.42. The van der Waals surface area contributed by atoms with Gasteiger partial charge < -0.3 is 0 Å². The summed E-state index contributed by atoms with van der Waals surface area (Å²) in [5.74, 6) is 0. The molecule has 3 aromatic rings. The Kier molecular flexibility index (Phi) is 3.42. The third-order valence-electron chi connectivity index (χ3n) is 4.64. The number of aliphatic imine (C=N–C) groups is 1. The van der Waals surface area contributed by atoms with E-state index in [1.807, 2.05) is 42.5 Å². The Morgan fingerprint density at radius 1 is 1.00 bits per heavy atom. The standard InChI is InChI=1S/C20H15F3N2/c1-19(20(21,22)23)11-14-7-2-4-8-16(14)18(25-19)15-10-13-6-3-5-9-17(13)24-12-15/h2-10,12H,11H2,1H3. The molecule has 2 nitrogen and oxygen atoms in total. The summed E-state index contributed by atoms with van der Waals surface area (Å²) >= 11 is 0. The van der Waals surface area contributed by atoms with E-state index in [9.17, 15) is 13.2 Å². The SMILES string of the molecule is CC1(C(F)(F)F)Cc2ccccc2C(c2cnc3ccccc3c2)=N1. The first-order valence-electron chi connectivity index (χ1n) is 7.97. The van der Waals surface area contributed by atoms with Crippen LogP contribution < -0.4 is 0 Å². The molecule has 0 bridgehead atoms. The molecule has 1 aliphatic heterocycles. The molecule has 5 heteroatoms. The van der Waals surface area contributed by atoms with Crippen LogP contribution in [0, 0.1) is 0 Å². The molecule has 0 spiro atoms. The summed E-state index contributed by atoms with van der Waals surface area (Å²) in [7, 11) is 0. The van der Waals surface area contributed by atoms with Crippen molar-refractivity contribution in [2.24, 2.45) is 4.99 Å². The second-order valence-electron chi connectivity index (χ2n) is 6.48. The van der Waals surface area contributed by atoms with E-state index in [4.69, 9.17) is 0 Å². The van der Waals surface area contributed by atoms with Gasteiger partial charge in [0.2, 0.25) is 0 Å². The average Bonchev–Trinajstić information content (AvgIpc) is 2.59. The quantitative estimate of drug-likeness (QED) is 0.615. The molecule has 2 aromatic carbocycles. The molecule has 0 amide bonds. The Morgan fingerprint density at radius 3 is 2.52 bits per heavy atom. The van der Waals surface area contributed by atoms with Gasteiger partial charge in [-0.1, -0.05) is 42.5 Å². The molecule has 0 fully saturated rings. The average molecular weight is 340 g/mol. The van der Waals surface area contributed by atoms with Crippen LogP contribution in [-0.4, -0.2) is 22.4 Å². The second kappa shape index (κ2) is 5.41. The molecular weight excluding hydrogens is 325 g/mol. The Hall–Kier alpha value is -2.69. The molecule has 0 radical (unpaired) electrons. The van der Waals surface area contributed by atoms with E-state index in [1.54, 1.807) is 18.3 Å². The maximum atomic E-state index is 13.6. The first-order chi connectivity index (χ1) is 11.9. The molecule has 1 atom stereocenters. The van der Waals surface area contributed by atoms with Crippen molar-refractivity contribution in [1.29, 1.82) is 0 Å². The van der Waals surface area contributed by atoms with Gasteiger partial charge in [-0.15, -0.1) is 0 Å². The zero-order chi connectivity index (χ0) is 17.7. The first kappa shape index (κ1) is 15.8. The van der Waals surface area contributed by atoms with E-state index in [2.05, 4.69) is 9.98 Å². The summed E-state index contributed by atoms with van der Waals surface area (Å²) in [6.07, 6.45) is -2.98. The molecule has 25 heavy (non-hydrogen) atoms. The number of halogens is 3. The van der Waals surface area contributed by atoms with Gasteiger partial charge in [0, 0.05) is 29.1 Å². The van der Waals surface area contributed by atoms with Gasteiger partial charge in [-0.3, -0.25) is 9.98 Å². The number of para-hydroxylation sites is 1. The molecule has 1 aromatic heterocycles. The van der Waals surface area contributed by atoms with Gasteiger partial charge >= 0.3 is 6.18 Å². The van der Waals surface area contributed by atoms with Crippen LogP contribution in [0.4, 0.5) is 13.2 Å². The normalized spacial score (nSPS) is 20.2. The van der Waals surface area contributed by atoms with Crippen LogP contribution in [-0.2, 0) is 6.42 Å². The van der Waals surface area contributed by atoms with Crippen molar-refractivity contribution < 1.29 is 13.2 Å². The van der Waals surface area contributed by atoms with Gasteiger partial charge in [0.1, 0.15) is 0 Å². The topological polar surface area (TPSA) is 25.2 Å². The minimum Gasteiger partial charge on any atom is -0.268 e. The van der Waals surface area contributed by atoms with Crippen LogP contribution in [0.15, 0.2) is 65.8 Å². The van der Waals surface area contributed by atoms with Crippen molar-refractivity contribution in [3.63, 3.8) is 0 Å². The highest BCUT2D eigenvalue weighted by Gasteiger charge is 2.53. The number of alkyl halides is 3. The lowest BCUT2D eigenvalue weighted by molar-refractivity contribution is -0.179. The molecule has 1 unspecified atom stereocenters. The molecule has 0 N–H and O–H groups in total. The lowest BCUT2D eigenvalue weighted by Crippen LogP contribution is -2.45. The van der Waals surface area contributed by atoms with E-state index in [0.717, 1.165) is 23.4 Å². The van der Waals surface area contributed by atoms with Crippen LogP contribution in [0.5, 0.6) is 0 Å². The number of benzene rings is 2. The molecule has 1 aliphatic rings. The zero-order valence-corrected chi connectivity index (χ0v) is 13.5. The number of hydrogen-bond acceptors (Lipinski definition) is 2. The summed E-state index contributed by atoms with van der Waals surface area (Å²) < 4.78 is 40.9. The van der Waals surface area contributed by atoms with Crippen molar-refractivity contribution in [2.45, 2.75) is 25.1 Å². The Balaban J connectivity index is 1.95. The fraction of sp³-hybridized carbons (Fsp3) is 0.200. The summed E-state index contributed by atoms with van der Waals surface area (Å²) in [5, 5.41) is 0.875. The molecule has 4 rings (SSSR count). The Bertz CT molecular complexity index is 991. The van der Waals surface area contributed by atoms with Gasteiger partial charge in [0.25, 0.3) is 0 Å². The predicted octanol–water partition coefficient (Wildman–Crippen LogP) is 4.95. The maximum Gasteiger partial charge on any atom is 0.413 e. The summed E-state index contributed by atoms with van der Waals surface area (Å²) in [6, 6.07) is 16.5. The Labute approximate surface area is 143 Å². The summed E-state index contributed by atoms with van der Waals surface area (Å²) in [4.78, 5) is 8.53. The van der Waals surface area contributed by atoms with E-state index >= 15 is 0 Å². The van der Waals surface area contributed by atoms with Crippen molar-refractivity contribution in [2.75, 3.05) is 0 Å². The van der Waals surface area contributed by atoms with E-state index < -0.39 is 11.7 Å². The number of fused-ring (bicyclic) bond motifs is 2. The maximum absolute atomic E-state index is 13.6. The van der Waals surface area contributed by atoms with Crippen molar-refractivity contribution in [1.82, 2.24) is 4.98 Å². The smallest absolute Gasteiger partial charge is 0.268 e. The van der Waals surface area contributed by atoms with Crippen LogP contribution in [0.1, 0.15) is 23.6 Å². The van der Waals surface area contributed by atoms with Crippen LogP contribution in [0.25, 0.3) is 10.9 Å². The van der Waals surface area contributed by atoms with Crippen LogP contribution in [0.2, 0.25) is 0 Å². The van der Waals surface area contributed by atoms with E-state index in [1.165, 1.54) is 0 Å². The van der Waals surface area contributed by atoms with Gasteiger partial charge in [0.15, 0.2) is 5.54 Å². The highest BCUT2D eigenvalue weighted by molar-refractivity contribution is 6.15. The van der Waals surface area contributed by atoms with Gasteiger partial charge in [-0.2, -0.15) is 13.2 Å². The third-order valence-corrected chi connectivity index (χ3v) is 4.64. The highest BCUT2D eigenvalue weighted by Crippen LogP contribution is 2.41. The monoisotopic (exact) mass is 340 g/mol. The molecule has 2 heterocycles. The number of aromatic nitrogens is 1. The third kappa shape index (κ3) is 2.60. The number of pyridine rings is 1. The fourth-order valence-corrected chi connectivity index (χ4v) is 3.21. The van der Waals surface area contributed by atoms with Gasteiger partial charge in [-0.25, -0.2) is 0 Å². The molecule has 0 saturated carbocycles. The minimum absolute atomic E-state index is 0.156. The predicted molar refractivity (Wildman–Crippen MR) is 92.0 cm³/mol. The lowest BCUT2D eigenvalue weighted by Gasteiger charge is -2.34. The molecule has 126 valence electrons. The van der Waals surface area contributed by atoms with Crippen molar-refractivity contribution in [3.8, 4) is 0 Å². The largest absolute Gasteiger partial charge is 0.413 e. The number of nitrogens with zero attached hydrogens (tertiary/aromatic N) is 2. The summed E-state index contributed by atoms with van der Waals surface area (Å²) in [6.45, 7) is 1.15.